The molecule has 7 heteroatoms. The van der Waals surface area contributed by atoms with Crippen molar-refractivity contribution < 1.29 is 9.84 Å². The molecule has 0 aliphatic heterocycles. The maximum absolute atomic E-state index is 10.3. The van der Waals surface area contributed by atoms with E-state index in [4.69, 9.17) is 16.3 Å². The van der Waals surface area contributed by atoms with Gasteiger partial charge in [-0.1, -0.05) is 44.5 Å². The van der Waals surface area contributed by atoms with E-state index in [0.29, 0.717) is 24.1 Å². The van der Waals surface area contributed by atoms with Crippen LogP contribution in [0.3, 0.4) is 0 Å². The Morgan fingerprint density at radius 3 is 2.32 bits per heavy atom. The van der Waals surface area contributed by atoms with Crippen LogP contribution in [0.4, 0.5) is 0 Å². The summed E-state index contributed by atoms with van der Waals surface area (Å²) >= 11 is 5.87. The van der Waals surface area contributed by atoms with Gasteiger partial charge in [0.1, 0.15) is 0 Å². The Balaban J connectivity index is 0.00000576. The third kappa shape index (κ3) is 9.08. The van der Waals surface area contributed by atoms with Gasteiger partial charge in [0.15, 0.2) is 5.96 Å². The van der Waals surface area contributed by atoms with Crippen molar-refractivity contribution in [2.75, 3.05) is 26.7 Å². The number of guanidine groups is 1. The van der Waals surface area contributed by atoms with Gasteiger partial charge in [0, 0.05) is 25.2 Å². The Labute approximate surface area is 173 Å². The van der Waals surface area contributed by atoms with Gasteiger partial charge in [0.2, 0.25) is 0 Å². The molecule has 5 nitrogen and oxygen atoms in total. The van der Waals surface area contributed by atoms with Crippen molar-refractivity contribution in [3.05, 3.63) is 34.9 Å². The highest BCUT2D eigenvalue weighted by Crippen LogP contribution is 2.21. The molecule has 0 spiro atoms. The monoisotopic (exact) mass is 483 g/mol. The number of nitrogens with zero attached hydrogens (tertiary/aromatic N) is 1. The van der Waals surface area contributed by atoms with E-state index in [2.05, 4.69) is 36.4 Å². The summed E-state index contributed by atoms with van der Waals surface area (Å²) in [7, 11) is 1.70. The first-order valence-electron chi connectivity index (χ1n) is 8.26. The Bertz CT molecular complexity index is 518. The van der Waals surface area contributed by atoms with Crippen LogP contribution in [0.1, 0.15) is 39.4 Å². The lowest BCUT2D eigenvalue weighted by atomic mass is 9.89. The number of rotatable bonds is 7. The van der Waals surface area contributed by atoms with E-state index in [1.54, 1.807) is 19.2 Å². The number of hydrogen-bond acceptors (Lipinski definition) is 3. The number of benzene rings is 1. The zero-order chi connectivity index (χ0) is 18.2. The standard InChI is InChI=1S/C18H30ClN3O2.HI/c1-6-20-17(22-12-16(24-5)18(2,3)4)21-11-15(23)13-7-9-14(19)10-8-13;/h7-10,15-16,23H,6,11-12H2,1-5H3,(H2,20,21,22);1H. The Hall–Kier alpha value is -0.570. The van der Waals surface area contributed by atoms with Gasteiger partial charge >= 0.3 is 0 Å². The molecule has 144 valence electrons. The van der Waals surface area contributed by atoms with Crippen LogP contribution >= 0.6 is 35.6 Å². The van der Waals surface area contributed by atoms with Gasteiger partial charge < -0.3 is 20.5 Å². The Kier molecular flexibility index (Phi) is 11.7. The number of hydrogen-bond donors (Lipinski definition) is 3. The maximum Gasteiger partial charge on any atom is 0.191 e. The van der Waals surface area contributed by atoms with Gasteiger partial charge in [-0.15, -0.1) is 24.0 Å². The summed E-state index contributed by atoms with van der Waals surface area (Å²) in [5.41, 5.74) is 0.825. The molecule has 1 aromatic rings. The van der Waals surface area contributed by atoms with Crippen molar-refractivity contribution in [3.63, 3.8) is 0 Å². The third-order valence-electron chi connectivity index (χ3n) is 3.73. The molecular formula is C18H31ClIN3O2. The second-order valence-electron chi connectivity index (χ2n) is 6.76. The van der Waals surface area contributed by atoms with Gasteiger partial charge in [-0.3, -0.25) is 4.99 Å². The SMILES string of the molecule is CCNC(=NCC(OC)C(C)(C)C)NCC(O)c1ccc(Cl)cc1.I. The minimum absolute atomic E-state index is 0. The Morgan fingerprint density at radius 2 is 1.84 bits per heavy atom. The number of aliphatic imine (C=N–C) groups is 1. The number of ether oxygens (including phenoxy) is 1. The fourth-order valence-electron chi connectivity index (χ4n) is 2.21. The molecule has 0 saturated carbocycles. The molecule has 0 saturated heterocycles. The number of methoxy groups -OCH3 is 1. The highest BCUT2D eigenvalue weighted by molar-refractivity contribution is 14.0. The quantitative estimate of drug-likeness (QED) is 0.315. The smallest absolute Gasteiger partial charge is 0.191 e. The summed E-state index contributed by atoms with van der Waals surface area (Å²) in [6.07, 6.45) is -0.610. The molecule has 3 N–H and O–H groups in total. The summed E-state index contributed by atoms with van der Waals surface area (Å²) in [6, 6.07) is 7.18. The van der Waals surface area contributed by atoms with Gasteiger partial charge in [-0.2, -0.15) is 0 Å². The molecule has 2 unspecified atom stereocenters. The van der Waals surface area contributed by atoms with E-state index >= 15 is 0 Å². The number of aliphatic hydroxyl groups is 1. The highest BCUT2D eigenvalue weighted by Gasteiger charge is 2.24. The van der Waals surface area contributed by atoms with Crippen molar-refractivity contribution in [2.24, 2.45) is 10.4 Å². The predicted octanol–water partition coefficient (Wildman–Crippen LogP) is 3.61. The minimum atomic E-state index is -0.632. The van der Waals surface area contributed by atoms with Crippen molar-refractivity contribution in [1.29, 1.82) is 0 Å². The van der Waals surface area contributed by atoms with Crippen molar-refractivity contribution in [3.8, 4) is 0 Å². The molecule has 2 atom stereocenters. The fraction of sp³-hybridized carbons (Fsp3) is 0.611. The van der Waals surface area contributed by atoms with Crippen LogP contribution in [0.5, 0.6) is 0 Å². The fourth-order valence-corrected chi connectivity index (χ4v) is 2.34. The normalized spacial score (nSPS) is 14.4. The molecule has 0 amide bonds. The molecule has 1 aromatic carbocycles. The van der Waals surface area contributed by atoms with Gasteiger partial charge in [-0.05, 0) is 30.0 Å². The highest BCUT2D eigenvalue weighted by atomic mass is 127. The average Bonchev–Trinajstić information content (AvgIpc) is 2.52. The van der Waals surface area contributed by atoms with Crippen molar-refractivity contribution in [1.82, 2.24) is 10.6 Å². The van der Waals surface area contributed by atoms with E-state index in [9.17, 15) is 5.11 Å². The van der Waals surface area contributed by atoms with Gasteiger partial charge in [0.25, 0.3) is 0 Å². The summed E-state index contributed by atoms with van der Waals surface area (Å²) in [5.74, 6) is 0.664. The van der Waals surface area contributed by atoms with E-state index in [-0.39, 0.29) is 35.5 Å². The predicted molar refractivity (Wildman–Crippen MR) is 116 cm³/mol. The van der Waals surface area contributed by atoms with Crippen LogP contribution < -0.4 is 10.6 Å². The van der Waals surface area contributed by atoms with Gasteiger partial charge in [-0.25, -0.2) is 0 Å². The van der Waals surface area contributed by atoms with Crippen LogP contribution in [0.15, 0.2) is 29.3 Å². The summed E-state index contributed by atoms with van der Waals surface area (Å²) < 4.78 is 5.52. The number of nitrogens with one attached hydrogen (secondary N) is 2. The first-order valence-corrected chi connectivity index (χ1v) is 8.64. The van der Waals surface area contributed by atoms with E-state index in [1.807, 2.05) is 19.1 Å². The zero-order valence-electron chi connectivity index (χ0n) is 15.7. The zero-order valence-corrected chi connectivity index (χ0v) is 18.8. The topological polar surface area (TPSA) is 65.9 Å². The average molecular weight is 484 g/mol. The lowest BCUT2D eigenvalue weighted by molar-refractivity contribution is 0.0241. The van der Waals surface area contributed by atoms with Crippen LogP contribution in [0, 0.1) is 5.41 Å². The van der Waals surface area contributed by atoms with Crippen molar-refractivity contribution >= 4 is 41.5 Å². The molecule has 0 aliphatic rings. The first kappa shape index (κ1) is 24.4. The first-order chi connectivity index (χ1) is 11.3. The summed E-state index contributed by atoms with van der Waals surface area (Å²) in [4.78, 5) is 4.57. The molecule has 0 bridgehead atoms. The van der Waals surface area contributed by atoms with Crippen LogP contribution in [0.25, 0.3) is 0 Å². The molecule has 0 heterocycles. The third-order valence-corrected chi connectivity index (χ3v) is 3.98. The molecule has 0 radical (unpaired) electrons. The molecule has 0 aliphatic carbocycles. The van der Waals surface area contributed by atoms with E-state index in [1.165, 1.54) is 0 Å². The van der Waals surface area contributed by atoms with E-state index < -0.39 is 6.10 Å². The lowest BCUT2D eigenvalue weighted by Crippen LogP contribution is -2.41. The molecular weight excluding hydrogens is 453 g/mol. The molecule has 0 aromatic heterocycles. The maximum atomic E-state index is 10.3. The molecule has 25 heavy (non-hydrogen) atoms. The van der Waals surface area contributed by atoms with Gasteiger partial charge in [0.05, 0.1) is 18.8 Å². The number of halogens is 2. The second kappa shape index (κ2) is 11.9. The molecule has 1 rings (SSSR count). The number of aliphatic hydroxyl groups excluding tert-OH is 1. The second-order valence-corrected chi connectivity index (χ2v) is 7.19. The van der Waals surface area contributed by atoms with Crippen LogP contribution in [-0.4, -0.2) is 43.9 Å². The largest absolute Gasteiger partial charge is 0.387 e. The summed E-state index contributed by atoms with van der Waals surface area (Å²) in [5, 5.41) is 17.3. The van der Waals surface area contributed by atoms with Crippen LogP contribution in [-0.2, 0) is 4.74 Å². The Morgan fingerprint density at radius 1 is 1.24 bits per heavy atom. The lowest BCUT2D eigenvalue weighted by Gasteiger charge is -2.28. The molecule has 0 fully saturated rings. The van der Waals surface area contributed by atoms with Crippen LogP contribution in [0.2, 0.25) is 5.02 Å². The summed E-state index contributed by atoms with van der Waals surface area (Å²) in [6.45, 7) is 10.0. The van der Waals surface area contributed by atoms with Crippen molar-refractivity contribution in [2.45, 2.75) is 39.9 Å². The van der Waals surface area contributed by atoms with E-state index in [0.717, 1.165) is 12.1 Å². The minimum Gasteiger partial charge on any atom is -0.387 e.